The van der Waals surface area contributed by atoms with E-state index < -0.39 is 0 Å². The Labute approximate surface area is 96.6 Å². The Hall–Kier alpha value is -1.52. The van der Waals surface area contributed by atoms with Gasteiger partial charge >= 0.3 is 0 Å². The Morgan fingerprint density at radius 2 is 1.88 bits per heavy atom. The number of nitrogens with zero attached hydrogens (tertiary/aromatic N) is 2. The smallest absolute Gasteiger partial charge is 0.204 e. The first-order valence-corrected chi connectivity index (χ1v) is 5.39. The van der Waals surface area contributed by atoms with E-state index in [9.17, 15) is 0 Å². The van der Waals surface area contributed by atoms with Crippen LogP contribution in [0.5, 0.6) is 5.75 Å². The van der Waals surface area contributed by atoms with Gasteiger partial charge < -0.3 is 15.4 Å². The fourth-order valence-corrected chi connectivity index (χ4v) is 1.30. The normalized spacial score (nSPS) is 11.1. The van der Waals surface area contributed by atoms with Gasteiger partial charge in [0.15, 0.2) is 11.6 Å². The average Bonchev–Trinajstić information content (AvgIpc) is 2.16. The van der Waals surface area contributed by atoms with Gasteiger partial charge in [-0.15, -0.1) is 0 Å². The van der Waals surface area contributed by atoms with Crippen LogP contribution >= 0.6 is 0 Å². The van der Waals surface area contributed by atoms with Gasteiger partial charge in [0.25, 0.3) is 0 Å². The molecule has 0 aliphatic rings. The summed E-state index contributed by atoms with van der Waals surface area (Å²) in [4.78, 5) is 8.33. The topological polar surface area (TPSA) is 59.1 Å². The summed E-state index contributed by atoms with van der Waals surface area (Å²) in [5.41, 5.74) is -0.0644. The number of hydrogen-bond donors (Lipinski definition) is 2. The number of nitrogens with one attached hydrogen (secondary N) is 2. The standard InChI is InChI=1S/C11H20N4O/c1-6-12-9-8(16-5)10(14-7-13-9)15-11(2,3)4/h7H,6H2,1-5H3,(H2,12,13,14,15). The Morgan fingerprint density at radius 3 is 2.38 bits per heavy atom. The third-order valence-electron chi connectivity index (χ3n) is 1.85. The fraction of sp³-hybridized carbons (Fsp3) is 0.636. The molecule has 1 rings (SSSR count). The Bertz CT molecular complexity index is 346. The van der Waals surface area contributed by atoms with Crippen molar-refractivity contribution in [2.45, 2.75) is 33.2 Å². The maximum atomic E-state index is 5.32. The Balaban J connectivity index is 3.04. The van der Waals surface area contributed by atoms with Crippen LogP contribution < -0.4 is 15.4 Å². The van der Waals surface area contributed by atoms with E-state index in [-0.39, 0.29) is 5.54 Å². The van der Waals surface area contributed by atoms with Crippen LogP contribution in [0, 0.1) is 0 Å². The minimum Gasteiger partial charge on any atom is -0.490 e. The Morgan fingerprint density at radius 1 is 1.25 bits per heavy atom. The second-order valence-corrected chi connectivity index (χ2v) is 4.51. The highest BCUT2D eigenvalue weighted by atomic mass is 16.5. The largest absolute Gasteiger partial charge is 0.490 e. The van der Waals surface area contributed by atoms with Gasteiger partial charge in [0, 0.05) is 12.1 Å². The quantitative estimate of drug-likeness (QED) is 0.820. The van der Waals surface area contributed by atoms with Gasteiger partial charge in [-0.2, -0.15) is 0 Å². The summed E-state index contributed by atoms with van der Waals surface area (Å²) in [5.74, 6) is 2.08. The monoisotopic (exact) mass is 224 g/mol. The lowest BCUT2D eigenvalue weighted by atomic mass is 10.1. The second-order valence-electron chi connectivity index (χ2n) is 4.51. The van der Waals surface area contributed by atoms with Gasteiger partial charge in [-0.05, 0) is 27.7 Å². The summed E-state index contributed by atoms with van der Waals surface area (Å²) in [6, 6.07) is 0. The summed E-state index contributed by atoms with van der Waals surface area (Å²) in [6.45, 7) is 9.02. The number of ether oxygens (including phenoxy) is 1. The summed E-state index contributed by atoms with van der Waals surface area (Å²) >= 11 is 0. The van der Waals surface area contributed by atoms with E-state index in [0.29, 0.717) is 17.4 Å². The lowest BCUT2D eigenvalue weighted by molar-refractivity contribution is 0.413. The molecule has 0 saturated carbocycles. The van der Waals surface area contributed by atoms with E-state index in [0.717, 1.165) is 6.54 Å². The van der Waals surface area contributed by atoms with E-state index in [1.54, 1.807) is 7.11 Å². The molecule has 0 fully saturated rings. The minimum atomic E-state index is -0.0644. The lowest BCUT2D eigenvalue weighted by Gasteiger charge is -2.23. The second kappa shape index (κ2) is 5.01. The van der Waals surface area contributed by atoms with Gasteiger partial charge in [0.05, 0.1) is 7.11 Å². The molecule has 0 amide bonds. The third-order valence-corrected chi connectivity index (χ3v) is 1.85. The molecule has 0 aliphatic carbocycles. The van der Waals surface area contributed by atoms with Crippen molar-refractivity contribution in [1.29, 1.82) is 0 Å². The summed E-state index contributed by atoms with van der Waals surface area (Å²) < 4.78 is 5.32. The number of methoxy groups -OCH3 is 1. The zero-order chi connectivity index (χ0) is 12.2. The number of anilines is 2. The molecule has 16 heavy (non-hydrogen) atoms. The van der Waals surface area contributed by atoms with Crippen LogP contribution in [0.3, 0.4) is 0 Å². The molecular formula is C11H20N4O. The van der Waals surface area contributed by atoms with Crippen LogP contribution in [-0.2, 0) is 0 Å². The van der Waals surface area contributed by atoms with Gasteiger partial charge in [-0.1, -0.05) is 0 Å². The highest BCUT2D eigenvalue weighted by molar-refractivity contribution is 5.64. The van der Waals surface area contributed by atoms with Crippen molar-refractivity contribution in [3.63, 3.8) is 0 Å². The molecule has 5 nitrogen and oxygen atoms in total. The molecule has 0 atom stereocenters. The van der Waals surface area contributed by atoms with Crippen LogP contribution in [-0.4, -0.2) is 29.2 Å². The fourth-order valence-electron chi connectivity index (χ4n) is 1.30. The number of hydrogen-bond acceptors (Lipinski definition) is 5. The van der Waals surface area contributed by atoms with E-state index in [1.165, 1.54) is 6.33 Å². The summed E-state index contributed by atoms with van der Waals surface area (Å²) in [7, 11) is 1.62. The molecule has 5 heteroatoms. The molecule has 0 aromatic carbocycles. The molecule has 1 heterocycles. The van der Waals surface area contributed by atoms with Crippen LogP contribution in [0.2, 0.25) is 0 Å². The first-order valence-electron chi connectivity index (χ1n) is 5.39. The van der Waals surface area contributed by atoms with E-state index in [4.69, 9.17) is 4.74 Å². The molecule has 90 valence electrons. The predicted molar refractivity (Wildman–Crippen MR) is 66.1 cm³/mol. The van der Waals surface area contributed by atoms with Gasteiger partial charge in [0.2, 0.25) is 5.75 Å². The van der Waals surface area contributed by atoms with Crippen molar-refractivity contribution in [2.24, 2.45) is 0 Å². The van der Waals surface area contributed by atoms with E-state index in [2.05, 4.69) is 41.4 Å². The average molecular weight is 224 g/mol. The van der Waals surface area contributed by atoms with Crippen molar-refractivity contribution in [1.82, 2.24) is 9.97 Å². The van der Waals surface area contributed by atoms with Gasteiger partial charge in [0.1, 0.15) is 6.33 Å². The van der Waals surface area contributed by atoms with Crippen molar-refractivity contribution in [3.05, 3.63) is 6.33 Å². The highest BCUT2D eigenvalue weighted by Crippen LogP contribution is 2.30. The minimum absolute atomic E-state index is 0.0644. The SMILES string of the molecule is CCNc1ncnc(NC(C)(C)C)c1OC. The van der Waals surface area contributed by atoms with Crippen LogP contribution in [0.4, 0.5) is 11.6 Å². The first kappa shape index (κ1) is 12.5. The molecule has 2 N–H and O–H groups in total. The summed E-state index contributed by atoms with van der Waals surface area (Å²) in [5, 5.41) is 6.42. The highest BCUT2D eigenvalue weighted by Gasteiger charge is 2.16. The molecule has 0 unspecified atom stereocenters. The molecule has 0 spiro atoms. The maximum absolute atomic E-state index is 5.32. The lowest BCUT2D eigenvalue weighted by Crippen LogP contribution is -2.27. The Kier molecular flexibility index (Phi) is 3.93. The third kappa shape index (κ3) is 3.25. The molecular weight excluding hydrogens is 204 g/mol. The summed E-state index contributed by atoms with van der Waals surface area (Å²) in [6.07, 6.45) is 1.52. The first-order chi connectivity index (χ1) is 7.48. The van der Waals surface area contributed by atoms with Crippen LogP contribution in [0.1, 0.15) is 27.7 Å². The van der Waals surface area contributed by atoms with Crippen molar-refractivity contribution in [2.75, 3.05) is 24.3 Å². The zero-order valence-corrected chi connectivity index (χ0v) is 10.6. The predicted octanol–water partition coefficient (Wildman–Crippen LogP) is 2.13. The van der Waals surface area contributed by atoms with E-state index in [1.807, 2.05) is 6.92 Å². The number of rotatable bonds is 4. The zero-order valence-electron chi connectivity index (χ0n) is 10.6. The van der Waals surface area contributed by atoms with Crippen molar-refractivity contribution in [3.8, 4) is 5.75 Å². The molecule has 1 aromatic rings. The van der Waals surface area contributed by atoms with Gasteiger partial charge in [-0.25, -0.2) is 9.97 Å². The van der Waals surface area contributed by atoms with Crippen LogP contribution in [0.25, 0.3) is 0 Å². The number of aromatic nitrogens is 2. The molecule has 0 radical (unpaired) electrons. The van der Waals surface area contributed by atoms with Crippen molar-refractivity contribution < 1.29 is 4.74 Å². The molecule has 0 bridgehead atoms. The molecule has 1 aromatic heterocycles. The van der Waals surface area contributed by atoms with Crippen molar-refractivity contribution >= 4 is 11.6 Å². The van der Waals surface area contributed by atoms with E-state index >= 15 is 0 Å². The van der Waals surface area contributed by atoms with Gasteiger partial charge in [-0.3, -0.25) is 0 Å². The molecule has 0 saturated heterocycles. The van der Waals surface area contributed by atoms with Crippen LogP contribution in [0.15, 0.2) is 6.33 Å². The maximum Gasteiger partial charge on any atom is 0.204 e. The molecule has 0 aliphatic heterocycles.